The Bertz CT molecular complexity index is 608. The van der Waals surface area contributed by atoms with Gasteiger partial charge >= 0.3 is 30.1 Å². The van der Waals surface area contributed by atoms with Gasteiger partial charge in [0.15, 0.2) is 0 Å². The van der Waals surface area contributed by atoms with Crippen molar-refractivity contribution < 1.29 is 39.9 Å². The summed E-state index contributed by atoms with van der Waals surface area (Å²) in [5.74, 6) is -22.2. The number of hydrogen-bond acceptors (Lipinski definition) is 1. The first-order valence-electron chi connectivity index (χ1n) is 5.44. The van der Waals surface area contributed by atoms with Gasteiger partial charge in [0.25, 0.3) is 0 Å². The molecule has 1 N–H and O–H groups in total. The van der Waals surface area contributed by atoms with Crippen LogP contribution >= 0.6 is 23.2 Å². The third-order valence-corrected chi connectivity index (χ3v) is 3.39. The Balaban J connectivity index is 3.17. The van der Waals surface area contributed by atoms with Crippen LogP contribution in [-0.2, 0) is 4.79 Å². The monoisotopic (exact) mass is 389 g/mol. The Morgan fingerprint density at radius 3 is 2.04 bits per heavy atom. The van der Waals surface area contributed by atoms with Gasteiger partial charge in [0.05, 0.1) is 15.7 Å². The van der Waals surface area contributed by atoms with Gasteiger partial charge in [-0.15, -0.1) is 0 Å². The summed E-state index contributed by atoms with van der Waals surface area (Å²) in [6.45, 7) is 0. The number of alkyl halides is 8. The lowest BCUT2D eigenvalue weighted by molar-refractivity contribution is -0.326. The van der Waals surface area contributed by atoms with Crippen molar-refractivity contribution in [2.24, 2.45) is 0 Å². The summed E-state index contributed by atoms with van der Waals surface area (Å²) in [5, 5.41) is 0.339. The summed E-state index contributed by atoms with van der Waals surface area (Å²) in [7, 11) is 0. The largest absolute Gasteiger partial charge is 0.393 e. The molecule has 0 bridgehead atoms. The van der Waals surface area contributed by atoms with Crippen LogP contribution in [0, 0.1) is 0 Å². The van der Waals surface area contributed by atoms with Crippen LogP contribution in [0.5, 0.6) is 0 Å². The van der Waals surface area contributed by atoms with Crippen molar-refractivity contribution in [3.63, 3.8) is 0 Å². The molecular formula is C11H5Cl2F8NO. The SMILES string of the molecule is O=C(Nc1cccc(Cl)c1Cl)C(F)(F)C(F)(F)C(F)(F)C(F)F. The van der Waals surface area contributed by atoms with Gasteiger partial charge in [-0.25, -0.2) is 8.78 Å². The zero-order valence-electron chi connectivity index (χ0n) is 10.5. The lowest BCUT2D eigenvalue weighted by atomic mass is 10.0. The summed E-state index contributed by atoms with van der Waals surface area (Å²) in [5.41, 5.74) is -0.694. The highest BCUT2D eigenvalue weighted by atomic mass is 35.5. The second kappa shape index (κ2) is 6.31. The van der Waals surface area contributed by atoms with Crippen molar-refractivity contribution in [3.05, 3.63) is 28.2 Å². The fraction of sp³-hybridized carbons (Fsp3) is 0.364. The molecule has 1 aromatic carbocycles. The first-order valence-corrected chi connectivity index (χ1v) is 6.19. The van der Waals surface area contributed by atoms with E-state index < -0.39 is 40.8 Å². The van der Waals surface area contributed by atoms with E-state index in [0.29, 0.717) is 0 Å². The minimum atomic E-state index is -6.65. The first kappa shape index (κ1) is 19.8. The fourth-order valence-electron chi connectivity index (χ4n) is 1.29. The number of hydrogen-bond donors (Lipinski definition) is 1. The minimum Gasteiger partial charge on any atom is -0.319 e. The Labute approximate surface area is 133 Å². The molecule has 12 heteroatoms. The van der Waals surface area contributed by atoms with Crippen LogP contribution in [0.25, 0.3) is 0 Å². The maximum atomic E-state index is 13.3. The van der Waals surface area contributed by atoms with Gasteiger partial charge in [0.1, 0.15) is 0 Å². The van der Waals surface area contributed by atoms with Crippen molar-refractivity contribution >= 4 is 34.8 Å². The van der Waals surface area contributed by atoms with Crippen LogP contribution in [0.15, 0.2) is 18.2 Å². The number of nitrogens with one attached hydrogen (secondary N) is 1. The number of anilines is 1. The number of carbonyl (C=O) groups is 1. The fourth-order valence-corrected chi connectivity index (χ4v) is 1.64. The van der Waals surface area contributed by atoms with E-state index in [2.05, 4.69) is 0 Å². The zero-order valence-corrected chi connectivity index (χ0v) is 12.0. The van der Waals surface area contributed by atoms with Crippen molar-refractivity contribution in [3.8, 4) is 0 Å². The van der Waals surface area contributed by atoms with Crippen molar-refractivity contribution in [1.29, 1.82) is 0 Å². The zero-order chi connectivity index (χ0) is 18.2. The standard InChI is InChI=1S/C11H5Cl2F8NO/c12-4-2-1-3-5(6(4)13)22-8(23)10(18,19)11(20,21)9(16,17)7(14)15/h1-3,7H,(H,22,23). The first-order chi connectivity index (χ1) is 10.3. The summed E-state index contributed by atoms with van der Waals surface area (Å²) < 4.78 is 102. The molecule has 0 heterocycles. The molecule has 0 saturated carbocycles. The molecule has 0 aliphatic carbocycles. The number of benzene rings is 1. The average Bonchev–Trinajstić information content (AvgIpc) is 2.43. The van der Waals surface area contributed by atoms with Gasteiger partial charge in [-0.1, -0.05) is 29.3 Å². The summed E-state index contributed by atoms with van der Waals surface area (Å²) in [4.78, 5) is 11.2. The minimum absolute atomic E-state index is 0.266. The number of carbonyl (C=O) groups excluding carboxylic acids is 1. The molecule has 1 rings (SSSR count). The van der Waals surface area contributed by atoms with E-state index in [0.717, 1.165) is 23.5 Å². The normalized spacial score (nSPS) is 13.3. The van der Waals surface area contributed by atoms with E-state index in [1.54, 1.807) is 0 Å². The predicted molar refractivity (Wildman–Crippen MR) is 65.9 cm³/mol. The van der Waals surface area contributed by atoms with E-state index in [-0.39, 0.29) is 5.02 Å². The highest BCUT2D eigenvalue weighted by Gasteiger charge is 2.78. The van der Waals surface area contributed by atoms with Gasteiger partial charge in [0.2, 0.25) is 0 Å². The average molecular weight is 390 g/mol. The molecule has 0 atom stereocenters. The van der Waals surface area contributed by atoms with Gasteiger partial charge in [-0.3, -0.25) is 4.79 Å². The lowest BCUT2D eigenvalue weighted by Gasteiger charge is -2.31. The maximum absolute atomic E-state index is 13.3. The summed E-state index contributed by atoms with van der Waals surface area (Å²) in [6.07, 6.45) is -5.12. The van der Waals surface area contributed by atoms with Crippen molar-refractivity contribution in [2.75, 3.05) is 5.32 Å². The van der Waals surface area contributed by atoms with E-state index in [1.165, 1.54) is 0 Å². The quantitative estimate of drug-likeness (QED) is 0.697. The third-order valence-electron chi connectivity index (χ3n) is 2.57. The molecular weight excluding hydrogens is 385 g/mol. The predicted octanol–water partition coefficient (Wildman–Crippen LogP) is 5.10. The van der Waals surface area contributed by atoms with Crippen LogP contribution in [0.2, 0.25) is 10.0 Å². The molecule has 0 saturated heterocycles. The van der Waals surface area contributed by atoms with Crippen LogP contribution in [-0.4, -0.2) is 30.1 Å². The Hall–Kier alpha value is -1.29. The number of amides is 1. The maximum Gasteiger partial charge on any atom is 0.393 e. The summed E-state index contributed by atoms with van der Waals surface area (Å²) in [6, 6.07) is 3.08. The number of rotatable bonds is 5. The molecule has 1 aromatic rings. The van der Waals surface area contributed by atoms with Crippen LogP contribution in [0.4, 0.5) is 40.8 Å². The third kappa shape index (κ3) is 3.32. The van der Waals surface area contributed by atoms with Gasteiger partial charge in [-0.2, -0.15) is 26.3 Å². The molecule has 0 unspecified atom stereocenters. The Kier molecular flexibility index (Phi) is 5.42. The molecule has 130 valence electrons. The number of halogens is 10. The highest BCUT2D eigenvalue weighted by Crippen LogP contribution is 2.49. The van der Waals surface area contributed by atoms with Gasteiger partial charge in [-0.05, 0) is 12.1 Å². The molecule has 0 radical (unpaired) electrons. The van der Waals surface area contributed by atoms with Crippen molar-refractivity contribution in [1.82, 2.24) is 0 Å². The van der Waals surface area contributed by atoms with Gasteiger partial charge < -0.3 is 5.32 Å². The smallest absolute Gasteiger partial charge is 0.319 e. The van der Waals surface area contributed by atoms with E-state index >= 15 is 0 Å². The van der Waals surface area contributed by atoms with Gasteiger partial charge in [0, 0.05) is 0 Å². The molecule has 23 heavy (non-hydrogen) atoms. The molecule has 0 aliphatic heterocycles. The molecule has 0 aliphatic rings. The molecule has 0 aromatic heterocycles. The summed E-state index contributed by atoms with van der Waals surface area (Å²) >= 11 is 11.0. The van der Waals surface area contributed by atoms with Crippen LogP contribution in [0.3, 0.4) is 0 Å². The highest BCUT2D eigenvalue weighted by molar-refractivity contribution is 6.44. The van der Waals surface area contributed by atoms with E-state index in [9.17, 15) is 39.9 Å². The second-order valence-corrected chi connectivity index (χ2v) is 4.91. The molecule has 2 nitrogen and oxygen atoms in total. The topological polar surface area (TPSA) is 29.1 Å². The second-order valence-electron chi connectivity index (χ2n) is 4.13. The van der Waals surface area contributed by atoms with E-state index in [4.69, 9.17) is 23.2 Å². The lowest BCUT2D eigenvalue weighted by Crippen LogP contribution is -2.61. The Morgan fingerprint density at radius 2 is 1.57 bits per heavy atom. The van der Waals surface area contributed by atoms with Crippen LogP contribution in [0.1, 0.15) is 0 Å². The molecule has 0 fully saturated rings. The van der Waals surface area contributed by atoms with Crippen LogP contribution < -0.4 is 5.32 Å². The van der Waals surface area contributed by atoms with Crippen molar-refractivity contribution in [2.45, 2.75) is 24.2 Å². The molecule has 1 amide bonds. The van der Waals surface area contributed by atoms with E-state index in [1.807, 2.05) is 0 Å². The molecule has 0 spiro atoms. The Morgan fingerprint density at radius 1 is 1.04 bits per heavy atom.